The van der Waals surface area contributed by atoms with Gasteiger partial charge in [0, 0.05) is 34.6 Å². The van der Waals surface area contributed by atoms with Crippen LogP contribution in [0, 0.1) is 0 Å². The molecule has 0 fully saturated rings. The molecule has 0 aliphatic heterocycles. The zero-order chi connectivity index (χ0) is 28.9. The molecule has 0 saturated heterocycles. The van der Waals surface area contributed by atoms with Crippen molar-refractivity contribution in [1.82, 2.24) is 4.57 Å². The van der Waals surface area contributed by atoms with Gasteiger partial charge in [-0.25, -0.2) is 0 Å². The van der Waals surface area contributed by atoms with Crippen molar-refractivity contribution in [2.75, 3.05) is 6.54 Å². The molecule has 0 aliphatic carbocycles. The van der Waals surface area contributed by atoms with Gasteiger partial charge in [-0.2, -0.15) is 0 Å². The van der Waals surface area contributed by atoms with Gasteiger partial charge in [0.25, 0.3) is 0 Å². The number of hydrogen-bond acceptors (Lipinski definition) is 3. The molecule has 0 bridgehead atoms. The maximum absolute atomic E-state index is 6.11. The van der Waals surface area contributed by atoms with E-state index in [2.05, 4.69) is 103 Å². The van der Waals surface area contributed by atoms with E-state index in [9.17, 15) is 0 Å². The van der Waals surface area contributed by atoms with Crippen LogP contribution in [0.5, 0.6) is 0 Å². The van der Waals surface area contributed by atoms with Gasteiger partial charge in [-0.1, -0.05) is 79.4 Å². The molecule has 0 spiro atoms. The number of fused-ring (bicyclic) bond motifs is 5. The number of benzene rings is 4. The minimum atomic E-state index is 0.480. The number of nitrogens with two attached hydrogens (primary N) is 3. The number of allylic oxidation sites excluding steroid dienone is 8. The van der Waals surface area contributed by atoms with E-state index >= 15 is 0 Å². The van der Waals surface area contributed by atoms with E-state index in [1.54, 1.807) is 12.4 Å². The summed E-state index contributed by atoms with van der Waals surface area (Å²) in [5, 5.41) is 4.75. The van der Waals surface area contributed by atoms with Crippen LogP contribution in [0.3, 0.4) is 0 Å². The molecule has 0 unspecified atom stereocenters. The highest BCUT2D eigenvalue weighted by atomic mass is 15.0. The number of para-hydroxylation sites is 1. The maximum atomic E-state index is 6.11. The Morgan fingerprint density at radius 3 is 2.32 bits per heavy atom. The zero-order valence-corrected chi connectivity index (χ0v) is 23.6. The summed E-state index contributed by atoms with van der Waals surface area (Å²) in [6.07, 6.45) is 13.0. The molecule has 204 valence electrons. The second-order valence-corrected chi connectivity index (χ2v) is 10.1. The average Bonchev–Trinajstić information content (AvgIpc) is 3.35. The van der Waals surface area contributed by atoms with Crippen LogP contribution in [0.25, 0.3) is 49.4 Å². The van der Waals surface area contributed by atoms with E-state index in [1.165, 1.54) is 21.7 Å². The first-order valence-electron chi connectivity index (χ1n) is 13.7. The Labute approximate surface area is 241 Å². The molecule has 0 radical (unpaired) electrons. The van der Waals surface area contributed by atoms with E-state index in [0.717, 1.165) is 50.0 Å². The van der Waals surface area contributed by atoms with Crippen molar-refractivity contribution in [3.63, 3.8) is 0 Å². The number of hydrogen-bond donors (Lipinski definition) is 3. The molecule has 4 heteroatoms. The van der Waals surface area contributed by atoms with E-state index in [0.29, 0.717) is 6.54 Å². The Morgan fingerprint density at radius 2 is 1.59 bits per heavy atom. The van der Waals surface area contributed by atoms with E-state index in [1.807, 2.05) is 31.2 Å². The fraction of sp³-hybridized carbons (Fsp3) is 0.0811. The molecule has 0 amide bonds. The molecule has 1 aromatic heterocycles. The second-order valence-electron chi connectivity index (χ2n) is 10.1. The van der Waals surface area contributed by atoms with Crippen LogP contribution in [0.4, 0.5) is 0 Å². The minimum Gasteiger partial charge on any atom is -0.405 e. The lowest BCUT2D eigenvalue weighted by Crippen LogP contribution is -1.95. The predicted molar refractivity (Wildman–Crippen MR) is 179 cm³/mol. The first-order valence-corrected chi connectivity index (χ1v) is 13.7. The highest BCUT2D eigenvalue weighted by Gasteiger charge is 2.16. The van der Waals surface area contributed by atoms with Crippen molar-refractivity contribution in [1.29, 1.82) is 0 Å². The van der Waals surface area contributed by atoms with Gasteiger partial charge in [0.2, 0.25) is 0 Å². The first kappa shape index (κ1) is 27.5. The third-order valence-electron chi connectivity index (χ3n) is 7.52. The fourth-order valence-corrected chi connectivity index (χ4v) is 5.30. The maximum Gasteiger partial charge on any atom is 0.0619 e. The summed E-state index contributed by atoms with van der Waals surface area (Å²) in [5.74, 6) is 0. The Bertz CT molecular complexity index is 1910. The van der Waals surface area contributed by atoms with Crippen molar-refractivity contribution in [2.24, 2.45) is 17.2 Å². The highest BCUT2D eigenvalue weighted by Crippen LogP contribution is 2.38. The van der Waals surface area contributed by atoms with Gasteiger partial charge >= 0.3 is 0 Å². The van der Waals surface area contributed by atoms with Crippen molar-refractivity contribution >= 4 is 43.7 Å². The Morgan fingerprint density at radius 1 is 0.854 bits per heavy atom. The number of rotatable bonds is 8. The summed E-state index contributed by atoms with van der Waals surface area (Å²) in [7, 11) is 0. The van der Waals surface area contributed by atoms with Gasteiger partial charge in [-0.3, -0.25) is 0 Å². The van der Waals surface area contributed by atoms with Gasteiger partial charge < -0.3 is 21.8 Å². The van der Waals surface area contributed by atoms with Gasteiger partial charge in [0.05, 0.1) is 11.0 Å². The van der Waals surface area contributed by atoms with Crippen LogP contribution in [-0.4, -0.2) is 11.1 Å². The summed E-state index contributed by atoms with van der Waals surface area (Å²) < 4.78 is 2.37. The molecule has 0 atom stereocenters. The molecule has 4 aromatic carbocycles. The largest absolute Gasteiger partial charge is 0.405 e. The van der Waals surface area contributed by atoms with Crippen LogP contribution in [0.1, 0.15) is 25.0 Å². The summed E-state index contributed by atoms with van der Waals surface area (Å²) in [6, 6.07) is 28.2. The third-order valence-corrected chi connectivity index (χ3v) is 7.52. The smallest absolute Gasteiger partial charge is 0.0619 e. The normalized spacial score (nSPS) is 13.4. The molecule has 6 N–H and O–H groups in total. The molecule has 5 aromatic rings. The molecule has 1 heterocycles. The zero-order valence-electron chi connectivity index (χ0n) is 23.6. The molecule has 5 rings (SSSR count). The lowest BCUT2D eigenvalue weighted by atomic mass is 9.97. The lowest BCUT2D eigenvalue weighted by molar-refractivity contribution is 1.18. The van der Waals surface area contributed by atoms with Gasteiger partial charge in [0.1, 0.15) is 0 Å². The average molecular weight is 537 g/mol. The monoisotopic (exact) mass is 536 g/mol. The Balaban J connectivity index is 1.73. The summed E-state index contributed by atoms with van der Waals surface area (Å²) in [6.45, 7) is 8.78. The Hall–Kier alpha value is -5.06. The lowest BCUT2D eigenvalue weighted by Gasteiger charge is -2.12. The van der Waals surface area contributed by atoms with Crippen molar-refractivity contribution < 1.29 is 0 Å². The van der Waals surface area contributed by atoms with Crippen molar-refractivity contribution in [2.45, 2.75) is 13.8 Å². The van der Waals surface area contributed by atoms with Gasteiger partial charge in [-0.05, 0) is 95.3 Å². The van der Waals surface area contributed by atoms with Gasteiger partial charge in [-0.15, -0.1) is 0 Å². The second kappa shape index (κ2) is 12.0. The number of nitrogens with zero attached hydrogens (tertiary/aromatic N) is 1. The molecule has 4 nitrogen and oxygen atoms in total. The third kappa shape index (κ3) is 5.38. The molecular weight excluding hydrogens is 500 g/mol. The summed E-state index contributed by atoms with van der Waals surface area (Å²) in [4.78, 5) is 0. The number of aromatic nitrogens is 1. The van der Waals surface area contributed by atoms with E-state index < -0.39 is 0 Å². The standard InChI is InChI=1S/C37H36N4/c1-25(9-7-19-38)27(3)21-31(24-40)29-14-16-33-30(22-29)15-18-35-34-17-13-28(26(2)10-8-20-39)23-36(34)41(37(33)35)32-11-5-4-6-12-32/h4-18,20-24H,1,19,38-40H2,2-3H3/b9-7-,20-8-,26-10+,27-21+,31-24+. The first-order chi connectivity index (χ1) is 20.0. The molecular formula is C37H36N4. The summed E-state index contributed by atoms with van der Waals surface area (Å²) >= 11 is 0. The van der Waals surface area contributed by atoms with E-state index in [4.69, 9.17) is 17.2 Å². The van der Waals surface area contributed by atoms with E-state index in [-0.39, 0.29) is 0 Å². The van der Waals surface area contributed by atoms with Crippen LogP contribution < -0.4 is 17.2 Å². The van der Waals surface area contributed by atoms with Crippen molar-refractivity contribution in [3.05, 3.63) is 150 Å². The van der Waals surface area contributed by atoms with Gasteiger partial charge in [0.15, 0.2) is 0 Å². The predicted octanol–water partition coefficient (Wildman–Crippen LogP) is 8.13. The van der Waals surface area contributed by atoms with Crippen molar-refractivity contribution in [3.8, 4) is 5.69 Å². The van der Waals surface area contributed by atoms with Crippen LogP contribution in [0.2, 0.25) is 0 Å². The molecule has 0 aliphatic rings. The topological polar surface area (TPSA) is 83.0 Å². The molecule has 0 saturated carbocycles. The fourth-order valence-electron chi connectivity index (χ4n) is 5.30. The highest BCUT2D eigenvalue weighted by molar-refractivity contribution is 6.19. The minimum absolute atomic E-state index is 0.480. The van der Waals surface area contributed by atoms with Crippen LogP contribution in [0.15, 0.2) is 139 Å². The van der Waals surface area contributed by atoms with Crippen LogP contribution >= 0.6 is 0 Å². The molecule has 41 heavy (non-hydrogen) atoms. The van der Waals surface area contributed by atoms with Crippen LogP contribution in [-0.2, 0) is 0 Å². The summed E-state index contributed by atoms with van der Waals surface area (Å²) in [5.41, 5.74) is 27.0. The quantitative estimate of drug-likeness (QED) is 0.175. The Kier molecular flexibility index (Phi) is 8.04. The SMILES string of the molecule is C=C(/C=C\CN)/C(C)=C/C(=C\N)c1ccc2c(ccc3c4ccc(/C(C)=C/C=C\N)cc4n(-c4ccccc4)c23)c1.